The molecule has 4 rings (SSSR count). The molecule has 1 saturated heterocycles. The number of ether oxygens (including phenoxy) is 2. The van der Waals surface area contributed by atoms with Gasteiger partial charge in [0, 0.05) is 62.9 Å². The molecule has 182 valence electrons. The summed E-state index contributed by atoms with van der Waals surface area (Å²) >= 11 is 13.4. The van der Waals surface area contributed by atoms with E-state index in [9.17, 15) is 4.79 Å². The quantitative estimate of drug-likeness (QED) is 0.481. The third-order valence-corrected chi connectivity index (χ3v) is 6.69. The Morgan fingerprint density at radius 2 is 1.74 bits per heavy atom. The number of nitrogens with zero attached hydrogens (tertiary/aromatic N) is 4. The first-order valence-corrected chi connectivity index (χ1v) is 11.9. The number of aromatic nitrogens is 3. The highest BCUT2D eigenvalue weighted by atomic mass is 35.5. The predicted molar refractivity (Wildman–Crippen MR) is 136 cm³/mol. The van der Waals surface area contributed by atoms with Crippen LogP contribution in [-0.2, 0) is 6.54 Å². The molecule has 0 radical (unpaired) electrons. The predicted octanol–water partition coefficient (Wildman–Crippen LogP) is 3.12. The monoisotopic (exact) mass is 506 g/mol. The Hall–Kier alpha value is -2.59. The highest BCUT2D eigenvalue weighted by Crippen LogP contribution is 2.46. The van der Waals surface area contributed by atoms with Crippen LogP contribution in [-0.4, -0.2) is 73.4 Å². The van der Waals surface area contributed by atoms with Gasteiger partial charge < -0.3 is 25.0 Å². The minimum atomic E-state index is -0.125. The topological polar surface area (TPSA) is 93.5 Å². The molecule has 1 aliphatic heterocycles. The molecular formula is C23H28Cl2N6O3. The Morgan fingerprint density at radius 3 is 2.35 bits per heavy atom. The molecular weight excluding hydrogens is 479 g/mol. The zero-order chi connectivity index (χ0) is 24.2. The minimum absolute atomic E-state index is 0.125. The van der Waals surface area contributed by atoms with Gasteiger partial charge in [-0.3, -0.25) is 9.36 Å². The summed E-state index contributed by atoms with van der Waals surface area (Å²) in [5.74, 6) is 1.15. The molecule has 34 heavy (non-hydrogen) atoms. The standard InChI is InChI=1S/C23H28Cl2N6O3/c1-26-23-28-21(18-19(24)15(33-2)13-16(34-3)20(18)25)14-5-6-17(32)31(22(14)29-23)10-4-9-30-11-7-27-8-12-30/h5-6,13,27H,4,7-12H2,1-3H3,(H,26,28,29). The van der Waals surface area contributed by atoms with Crippen LogP contribution in [0.1, 0.15) is 6.42 Å². The molecule has 0 atom stereocenters. The van der Waals surface area contributed by atoms with E-state index in [4.69, 9.17) is 32.7 Å². The SMILES string of the molecule is CNc1nc(-c2c(Cl)c(OC)cc(OC)c2Cl)c2ccc(=O)n(CCCN3CCNCC3)c2n1. The number of pyridine rings is 1. The van der Waals surface area contributed by atoms with Crippen molar-refractivity contribution in [1.82, 2.24) is 24.8 Å². The Labute approximate surface area is 208 Å². The Balaban J connectivity index is 1.84. The Morgan fingerprint density at radius 1 is 1.06 bits per heavy atom. The number of nitrogens with one attached hydrogen (secondary N) is 2. The number of benzene rings is 1. The van der Waals surface area contributed by atoms with E-state index in [1.807, 2.05) is 0 Å². The van der Waals surface area contributed by atoms with Crippen molar-refractivity contribution in [2.24, 2.45) is 0 Å². The minimum Gasteiger partial charge on any atom is -0.495 e. The van der Waals surface area contributed by atoms with Gasteiger partial charge in [0.2, 0.25) is 5.95 Å². The van der Waals surface area contributed by atoms with Gasteiger partial charge in [-0.15, -0.1) is 0 Å². The summed E-state index contributed by atoms with van der Waals surface area (Å²) in [4.78, 5) is 24.5. The first kappa shape index (κ1) is 24.5. The number of methoxy groups -OCH3 is 2. The largest absolute Gasteiger partial charge is 0.495 e. The number of hydrogen-bond donors (Lipinski definition) is 2. The second-order valence-electron chi connectivity index (χ2n) is 7.94. The van der Waals surface area contributed by atoms with Crippen molar-refractivity contribution < 1.29 is 9.47 Å². The fourth-order valence-electron chi connectivity index (χ4n) is 4.16. The molecule has 0 bridgehead atoms. The lowest BCUT2D eigenvalue weighted by atomic mass is 10.1. The molecule has 3 heterocycles. The summed E-state index contributed by atoms with van der Waals surface area (Å²) in [6.07, 6.45) is 0.821. The number of fused-ring (bicyclic) bond motifs is 1. The normalized spacial score (nSPS) is 14.4. The first-order valence-electron chi connectivity index (χ1n) is 11.1. The molecule has 1 aromatic carbocycles. The zero-order valence-corrected chi connectivity index (χ0v) is 21.0. The van der Waals surface area contributed by atoms with Gasteiger partial charge in [0.15, 0.2) is 0 Å². The smallest absolute Gasteiger partial charge is 0.252 e. The Bertz CT molecular complexity index is 1220. The molecule has 11 heteroatoms. The fourth-order valence-corrected chi connectivity index (χ4v) is 4.84. The molecule has 3 aromatic rings. The van der Waals surface area contributed by atoms with Gasteiger partial charge in [-0.1, -0.05) is 23.2 Å². The van der Waals surface area contributed by atoms with Gasteiger partial charge in [0.25, 0.3) is 5.56 Å². The van der Waals surface area contributed by atoms with Crippen molar-refractivity contribution in [3.63, 3.8) is 0 Å². The average Bonchev–Trinajstić information content (AvgIpc) is 2.86. The van der Waals surface area contributed by atoms with Crippen LogP contribution < -0.4 is 25.7 Å². The molecule has 9 nitrogen and oxygen atoms in total. The van der Waals surface area contributed by atoms with Crippen molar-refractivity contribution in [1.29, 1.82) is 0 Å². The second-order valence-corrected chi connectivity index (χ2v) is 8.69. The summed E-state index contributed by atoms with van der Waals surface area (Å²) in [5.41, 5.74) is 1.32. The van der Waals surface area contributed by atoms with E-state index >= 15 is 0 Å². The van der Waals surface area contributed by atoms with Gasteiger partial charge >= 0.3 is 0 Å². The number of piperazine rings is 1. The molecule has 2 aromatic heterocycles. The van der Waals surface area contributed by atoms with Gasteiger partial charge in [-0.25, -0.2) is 4.98 Å². The van der Waals surface area contributed by atoms with E-state index in [0.717, 1.165) is 39.1 Å². The lowest BCUT2D eigenvalue weighted by Crippen LogP contribution is -2.44. The first-order chi connectivity index (χ1) is 16.5. The maximum atomic E-state index is 12.9. The number of aryl methyl sites for hydroxylation is 1. The van der Waals surface area contributed by atoms with Gasteiger partial charge in [0.1, 0.15) is 17.1 Å². The summed E-state index contributed by atoms with van der Waals surface area (Å²) in [5, 5.41) is 7.58. The van der Waals surface area contributed by atoms with Crippen LogP contribution in [0.25, 0.3) is 22.3 Å². The van der Waals surface area contributed by atoms with Crippen molar-refractivity contribution >= 4 is 40.2 Å². The summed E-state index contributed by atoms with van der Waals surface area (Å²) < 4.78 is 12.5. The van der Waals surface area contributed by atoms with E-state index in [2.05, 4.69) is 25.5 Å². The van der Waals surface area contributed by atoms with Crippen molar-refractivity contribution in [3.8, 4) is 22.8 Å². The van der Waals surface area contributed by atoms with E-state index in [1.54, 1.807) is 23.7 Å². The van der Waals surface area contributed by atoms with Gasteiger partial charge in [-0.2, -0.15) is 4.98 Å². The van der Waals surface area contributed by atoms with Crippen molar-refractivity contribution in [3.05, 3.63) is 38.6 Å². The summed E-state index contributed by atoms with van der Waals surface area (Å²) in [7, 11) is 4.76. The molecule has 0 saturated carbocycles. The van der Waals surface area contributed by atoms with Crippen molar-refractivity contribution in [2.75, 3.05) is 59.3 Å². The Kier molecular flexibility index (Phi) is 7.77. The molecule has 1 fully saturated rings. The maximum Gasteiger partial charge on any atom is 0.252 e. The van der Waals surface area contributed by atoms with E-state index < -0.39 is 0 Å². The van der Waals surface area contributed by atoms with Crippen molar-refractivity contribution in [2.45, 2.75) is 13.0 Å². The van der Waals surface area contributed by atoms with Crippen LogP contribution in [0.3, 0.4) is 0 Å². The molecule has 0 spiro atoms. The van der Waals surface area contributed by atoms with E-state index in [0.29, 0.717) is 56.3 Å². The van der Waals surface area contributed by atoms with Crippen LogP contribution in [0.4, 0.5) is 5.95 Å². The van der Waals surface area contributed by atoms with Gasteiger partial charge in [-0.05, 0) is 19.0 Å². The molecule has 0 amide bonds. The number of hydrogen-bond acceptors (Lipinski definition) is 8. The van der Waals surface area contributed by atoms with E-state index in [-0.39, 0.29) is 5.56 Å². The molecule has 0 aliphatic carbocycles. The van der Waals surface area contributed by atoms with Crippen LogP contribution in [0.15, 0.2) is 23.0 Å². The summed E-state index contributed by atoms with van der Waals surface area (Å²) in [6.45, 7) is 5.43. The second kappa shape index (κ2) is 10.8. The fraction of sp³-hybridized carbons (Fsp3) is 0.435. The van der Waals surface area contributed by atoms with Crippen LogP contribution in [0.5, 0.6) is 11.5 Å². The summed E-state index contributed by atoms with van der Waals surface area (Å²) in [6, 6.07) is 4.86. The number of halogens is 2. The van der Waals surface area contributed by atoms with Crippen LogP contribution in [0, 0.1) is 0 Å². The molecule has 2 N–H and O–H groups in total. The molecule has 0 unspecified atom stereocenters. The third-order valence-electron chi connectivity index (χ3n) is 5.94. The number of anilines is 1. The number of rotatable bonds is 8. The third kappa shape index (κ3) is 4.79. The lowest BCUT2D eigenvalue weighted by molar-refractivity contribution is 0.234. The highest BCUT2D eigenvalue weighted by molar-refractivity contribution is 6.41. The highest BCUT2D eigenvalue weighted by Gasteiger charge is 2.23. The van der Waals surface area contributed by atoms with Crippen LogP contribution >= 0.6 is 23.2 Å². The molecule has 1 aliphatic rings. The van der Waals surface area contributed by atoms with E-state index in [1.165, 1.54) is 20.3 Å². The van der Waals surface area contributed by atoms with Crippen LogP contribution in [0.2, 0.25) is 10.0 Å². The zero-order valence-electron chi connectivity index (χ0n) is 19.5. The lowest BCUT2D eigenvalue weighted by Gasteiger charge is -2.27. The average molecular weight is 507 g/mol. The van der Waals surface area contributed by atoms with Gasteiger partial charge in [0.05, 0.1) is 30.0 Å². The maximum absolute atomic E-state index is 12.9.